The summed E-state index contributed by atoms with van der Waals surface area (Å²) in [5.74, 6) is 1.69. The molecule has 4 aliphatic rings. The van der Waals surface area contributed by atoms with Gasteiger partial charge in [0.15, 0.2) is 0 Å². The van der Waals surface area contributed by atoms with Crippen LogP contribution in [0.2, 0.25) is 0 Å². The molecular weight excluding hydrogens is 478 g/mol. The number of amides is 1. The Morgan fingerprint density at radius 2 is 1.72 bits per heavy atom. The average Bonchev–Trinajstić information content (AvgIpc) is 3.12. The van der Waals surface area contributed by atoms with Crippen molar-refractivity contribution in [3.05, 3.63) is 35.4 Å². The number of ether oxygens (including phenoxy) is 1. The second kappa shape index (κ2) is 9.40. The van der Waals surface area contributed by atoms with E-state index in [0.717, 1.165) is 46.9 Å². The third-order valence-electron chi connectivity index (χ3n) is 8.41. The molecule has 4 atom stereocenters. The highest BCUT2D eigenvalue weighted by molar-refractivity contribution is 7.87. The molecule has 4 unspecified atom stereocenters. The van der Waals surface area contributed by atoms with E-state index >= 15 is 0 Å². The number of esters is 1. The van der Waals surface area contributed by atoms with Crippen LogP contribution in [0.3, 0.4) is 0 Å². The summed E-state index contributed by atoms with van der Waals surface area (Å²) >= 11 is 0. The second-order valence-electron chi connectivity index (χ2n) is 12.4. The van der Waals surface area contributed by atoms with Crippen LogP contribution in [0.4, 0.5) is 0 Å². The van der Waals surface area contributed by atoms with Gasteiger partial charge in [-0.3, -0.25) is 9.59 Å². The molecule has 3 bridgehead atoms. The maximum Gasteiger partial charge on any atom is 0.321 e. The van der Waals surface area contributed by atoms with Gasteiger partial charge in [-0.05, 0) is 81.9 Å². The molecule has 3 aliphatic carbocycles. The van der Waals surface area contributed by atoms with Crippen LogP contribution in [0.1, 0.15) is 81.6 Å². The predicted octanol–water partition coefficient (Wildman–Crippen LogP) is 3.48. The Bertz CT molecular complexity index is 1110. The van der Waals surface area contributed by atoms with E-state index in [1.807, 2.05) is 12.1 Å². The fourth-order valence-electron chi connectivity index (χ4n) is 7.04. The van der Waals surface area contributed by atoms with Gasteiger partial charge in [0.25, 0.3) is 16.1 Å². The number of nitrogens with zero attached hydrogens (tertiary/aromatic N) is 2. The molecule has 1 amide bonds. The minimum Gasteiger partial charge on any atom is -0.459 e. The highest BCUT2D eigenvalue weighted by atomic mass is 32.2. The van der Waals surface area contributed by atoms with Gasteiger partial charge in [0.1, 0.15) is 12.1 Å². The van der Waals surface area contributed by atoms with Crippen LogP contribution in [0.25, 0.3) is 0 Å². The number of benzene rings is 1. The van der Waals surface area contributed by atoms with E-state index in [1.165, 1.54) is 30.0 Å². The number of nitrogens with one attached hydrogen (secondary N) is 1. The lowest BCUT2D eigenvalue weighted by molar-refractivity contribution is -0.154. The largest absolute Gasteiger partial charge is 0.459 e. The van der Waals surface area contributed by atoms with Gasteiger partial charge in [-0.15, -0.1) is 0 Å². The first kappa shape index (κ1) is 25.7. The Hall–Kier alpha value is -1.97. The van der Waals surface area contributed by atoms with Crippen molar-refractivity contribution >= 4 is 22.1 Å². The van der Waals surface area contributed by atoms with E-state index in [4.69, 9.17) is 4.74 Å². The van der Waals surface area contributed by atoms with Crippen molar-refractivity contribution in [3.63, 3.8) is 0 Å². The van der Waals surface area contributed by atoms with Gasteiger partial charge in [0.05, 0.1) is 0 Å². The summed E-state index contributed by atoms with van der Waals surface area (Å²) in [7, 11) is -3.75. The van der Waals surface area contributed by atoms with Crippen molar-refractivity contribution in [2.75, 3.05) is 19.6 Å². The topological polar surface area (TPSA) is 96.0 Å². The molecule has 0 radical (unpaired) electrons. The molecule has 1 heterocycles. The molecule has 198 valence electrons. The van der Waals surface area contributed by atoms with Gasteiger partial charge >= 0.3 is 5.97 Å². The lowest BCUT2D eigenvalue weighted by Crippen LogP contribution is -2.49. The van der Waals surface area contributed by atoms with Crippen LogP contribution in [-0.4, -0.2) is 59.7 Å². The van der Waals surface area contributed by atoms with Gasteiger partial charge in [-0.25, -0.2) is 0 Å². The standard InChI is InChI=1S/C27H39N3O5S/c1-26(2,3)35-24(31)18-30-12-11-29(36(30,33)34)17-19-7-9-21(10-8-19)25(32)28-27-14-20-5-4-6-22(15-27)23(13-20)16-27/h7-10,20,22-23H,4-6,11-18H2,1-3H3,(H,28,32). The summed E-state index contributed by atoms with van der Waals surface area (Å²) in [6.45, 7) is 5.72. The Morgan fingerprint density at radius 3 is 2.44 bits per heavy atom. The Kier molecular flexibility index (Phi) is 6.71. The maximum absolute atomic E-state index is 13.2. The number of carbonyl (C=O) groups is 2. The van der Waals surface area contributed by atoms with E-state index in [2.05, 4.69) is 5.32 Å². The molecule has 1 N–H and O–H groups in total. The van der Waals surface area contributed by atoms with E-state index in [-0.39, 0.29) is 31.1 Å². The third-order valence-corrected chi connectivity index (χ3v) is 10.3. The molecule has 3 saturated carbocycles. The zero-order chi connectivity index (χ0) is 25.7. The SMILES string of the molecule is CC(C)(C)OC(=O)CN1CCN(Cc2ccc(C(=O)NC34CC5CCCC(C3)C(C5)C4)cc2)S1(=O)=O. The molecule has 1 saturated heterocycles. The van der Waals surface area contributed by atoms with Crippen molar-refractivity contribution in [1.29, 1.82) is 0 Å². The molecule has 36 heavy (non-hydrogen) atoms. The van der Waals surface area contributed by atoms with Crippen molar-refractivity contribution in [1.82, 2.24) is 13.9 Å². The average molecular weight is 518 g/mol. The number of hydrogen-bond acceptors (Lipinski definition) is 5. The predicted molar refractivity (Wildman–Crippen MR) is 136 cm³/mol. The smallest absolute Gasteiger partial charge is 0.321 e. The van der Waals surface area contributed by atoms with Gasteiger partial charge in [-0.2, -0.15) is 17.0 Å². The first-order valence-corrected chi connectivity index (χ1v) is 14.7. The van der Waals surface area contributed by atoms with E-state index < -0.39 is 21.8 Å². The number of rotatable bonds is 6. The van der Waals surface area contributed by atoms with Crippen LogP contribution in [0, 0.1) is 17.8 Å². The van der Waals surface area contributed by atoms with E-state index in [9.17, 15) is 18.0 Å². The first-order chi connectivity index (χ1) is 16.9. The van der Waals surface area contributed by atoms with Crippen LogP contribution >= 0.6 is 0 Å². The molecule has 1 aliphatic heterocycles. The molecule has 9 heteroatoms. The molecule has 0 spiro atoms. The summed E-state index contributed by atoms with van der Waals surface area (Å²) in [4.78, 5) is 25.3. The Labute approximate surface area is 214 Å². The highest BCUT2D eigenvalue weighted by Gasteiger charge is 2.52. The van der Waals surface area contributed by atoms with Gasteiger partial charge in [-0.1, -0.05) is 31.4 Å². The number of hydrogen-bond donors (Lipinski definition) is 1. The summed E-state index contributed by atoms with van der Waals surface area (Å²) < 4.78 is 33.7. The molecule has 5 rings (SSSR count). The fraction of sp³-hybridized carbons (Fsp3) is 0.704. The number of carbonyl (C=O) groups excluding carboxylic acids is 2. The van der Waals surface area contributed by atoms with Crippen LogP contribution < -0.4 is 5.32 Å². The van der Waals surface area contributed by atoms with Gasteiger partial charge in [0, 0.05) is 30.7 Å². The lowest BCUT2D eigenvalue weighted by Gasteiger charge is -2.38. The summed E-state index contributed by atoms with van der Waals surface area (Å²) in [6.07, 6.45) is 8.62. The monoisotopic (exact) mass is 517 g/mol. The second-order valence-corrected chi connectivity index (χ2v) is 14.3. The maximum atomic E-state index is 13.2. The van der Waals surface area contributed by atoms with Crippen molar-refractivity contribution in [2.24, 2.45) is 17.8 Å². The minimum absolute atomic E-state index is 0.0282. The normalized spacial score (nSPS) is 31.8. The van der Waals surface area contributed by atoms with Crippen molar-refractivity contribution in [3.8, 4) is 0 Å². The molecule has 4 fully saturated rings. The molecule has 1 aromatic rings. The van der Waals surface area contributed by atoms with Crippen LogP contribution in [-0.2, 0) is 26.3 Å². The Balaban J connectivity index is 1.18. The van der Waals surface area contributed by atoms with E-state index in [1.54, 1.807) is 32.9 Å². The van der Waals surface area contributed by atoms with Crippen LogP contribution in [0.5, 0.6) is 0 Å². The highest BCUT2D eigenvalue weighted by Crippen LogP contribution is 2.55. The van der Waals surface area contributed by atoms with Crippen molar-refractivity contribution < 1.29 is 22.7 Å². The zero-order valence-corrected chi connectivity index (χ0v) is 22.5. The van der Waals surface area contributed by atoms with Gasteiger partial charge in [0.2, 0.25) is 0 Å². The summed E-state index contributed by atoms with van der Waals surface area (Å²) in [6, 6.07) is 7.23. The van der Waals surface area contributed by atoms with Gasteiger partial charge < -0.3 is 10.1 Å². The lowest BCUT2D eigenvalue weighted by atomic mass is 9.75. The summed E-state index contributed by atoms with van der Waals surface area (Å²) in [5.41, 5.74) is 0.711. The summed E-state index contributed by atoms with van der Waals surface area (Å²) in [5, 5.41) is 3.42. The molecule has 8 nitrogen and oxygen atoms in total. The third kappa shape index (κ3) is 5.34. The molecule has 0 aromatic heterocycles. The zero-order valence-electron chi connectivity index (χ0n) is 21.7. The molecular formula is C27H39N3O5S. The quantitative estimate of drug-likeness (QED) is 0.583. The van der Waals surface area contributed by atoms with E-state index in [0.29, 0.717) is 12.1 Å². The van der Waals surface area contributed by atoms with Crippen LogP contribution in [0.15, 0.2) is 24.3 Å². The first-order valence-electron chi connectivity index (χ1n) is 13.3. The minimum atomic E-state index is -3.75. The van der Waals surface area contributed by atoms with Crippen molar-refractivity contribution in [2.45, 2.75) is 83.4 Å². The fourth-order valence-corrected chi connectivity index (χ4v) is 8.57. The Morgan fingerprint density at radius 1 is 1.03 bits per heavy atom. The number of fused-ring (bicyclic) bond motifs is 2. The molecule has 1 aromatic carbocycles.